The third-order valence-corrected chi connectivity index (χ3v) is 4.19. The SMILES string of the molecule is CCCN1C(=O)COc2cc(NC(=O)c3cccc(Br)c3)ccc21. The average Bonchev–Trinajstić information content (AvgIpc) is 2.57. The number of hydrogen-bond donors (Lipinski definition) is 1. The van der Waals surface area contributed by atoms with Crippen LogP contribution in [0.5, 0.6) is 5.75 Å². The minimum Gasteiger partial charge on any atom is -0.481 e. The van der Waals surface area contributed by atoms with E-state index in [1.165, 1.54) is 0 Å². The first-order valence-corrected chi connectivity index (χ1v) is 8.52. The molecule has 0 aliphatic carbocycles. The van der Waals surface area contributed by atoms with Gasteiger partial charge in [0.15, 0.2) is 6.61 Å². The van der Waals surface area contributed by atoms with Crippen LogP contribution < -0.4 is 15.0 Å². The van der Waals surface area contributed by atoms with Gasteiger partial charge in [0.1, 0.15) is 5.75 Å². The van der Waals surface area contributed by atoms with Crippen molar-refractivity contribution >= 4 is 39.1 Å². The Kier molecular flexibility index (Phi) is 4.85. The lowest BCUT2D eigenvalue weighted by Gasteiger charge is -2.29. The van der Waals surface area contributed by atoms with E-state index in [1.807, 2.05) is 19.1 Å². The zero-order valence-electron chi connectivity index (χ0n) is 13.2. The van der Waals surface area contributed by atoms with E-state index in [2.05, 4.69) is 21.2 Å². The molecular weight excluding hydrogens is 372 g/mol. The first-order chi connectivity index (χ1) is 11.6. The Morgan fingerprint density at radius 2 is 2.12 bits per heavy atom. The number of carbonyl (C=O) groups is 2. The van der Waals surface area contributed by atoms with Gasteiger partial charge in [0.2, 0.25) is 0 Å². The van der Waals surface area contributed by atoms with Crippen LogP contribution in [0.25, 0.3) is 0 Å². The van der Waals surface area contributed by atoms with Crippen LogP contribution in [0.2, 0.25) is 0 Å². The van der Waals surface area contributed by atoms with Crippen molar-refractivity contribution in [1.29, 1.82) is 0 Å². The van der Waals surface area contributed by atoms with Crippen molar-refractivity contribution < 1.29 is 14.3 Å². The van der Waals surface area contributed by atoms with Crippen LogP contribution in [0, 0.1) is 0 Å². The lowest BCUT2D eigenvalue weighted by molar-refractivity contribution is -0.121. The Hall–Kier alpha value is -2.34. The van der Waals surface area contributed by atoms with Gasteiger partial charge in [-0.25, -0.2) is 0 Å². The largest absolute Gasteiger partial charge is 0.481 e. The predicted octanol–water partition coefficient (Wildman–Crippen LogP) is 3.84. The van der Waals surface area contributed by atoms with Gasteiger partial charge in [-0.15, -0.1) is 0 Å². The fourth-order valence-electron chi connectivity index (χ4n) is 2.58. The van der Waals surface area contributed by atoms with Crippen molar-refractivity contribution in [3.8, 4) is 5.75 Å². The quantitative estimate of drug-likeness (QED) is 0.865. The van der Waals surface area contributed by atoms with E-state index in [4.69, 9.17) is 4.74 Å². The van der Waals surface area contributed by atoms with Crippen molar-refractivity contribution in [2.45, 2.75) is 13.3 Å². The normalized spacial score (nSPS) is 13.2. The van der Waals surface area contributed by atoms with Crippen molar-refractivity contribution in [2.75, 3.05) is 23.4 Å². The maximum Gasteiger partial charge on any atom is 0.265 e. The number of carbonyl (C=O) groups excluding carboxylic acids is 2. The Labute approximate surface area is 148 Å². The van der Waals surface area contributed by atoms with E-state index in [-0.39, 0.29) is 18.4 Å². The molecule has 2 aromatic carbocycles. The molecule has 1 N–H and O–H groups in total. The highest BCUT2D eigenvalue weighted by Gasteiger charge is 2.25. The molecule has 0 atom stereocenters. The second kappa shape index (κ2) is 7.05. The summed E-state index contributed by atoms with van der Waals surface area (Å²) in [6, 6.07) is 12.5. The summed E-state index contributed by atoms with van der Waals surface area (Å²) >= 11 is 3.35. The van der Waals surface area contributed by atoms with E-state index in [0.29, 0.717) is 23.5 Å². The minimum absolute atomic E-state index is 0.0238. The van der Waals surface area contributed by atoms with Crippen molar-refractivity contribution in [2.24, 2.45) is 0 Å². The summed E-state index contributed by atoms with van der Waals surface area (Å²) < 4.78 is 6.35. The number of fused-ring (bicyclic) bond motifs is 1. The Balaban J connectivity index is 1.81. The van der Waals surface area contributed by atoms with E-state index < -0.39 is 0 Å². The Morgan fingerprint density at radius 3 is 2.88 bits per heavy atom. The third-order valence-electron chi connectivity index (χ3n) is 3.69. The molecule has 0 saturated heterocycles. The number of nitrogens with zero attached hydrogens (tertiary/aromatic N) is 1. The third kappa shape index (κ3) is 3.43. The molecule has 1 aliphatic heterocycles. The first kappa shape index (κ1) is 16.5. The summed E-state index contributed by atoms with van der Waals surface area (Å²) in [4.78, 5) is 26.0. The van der Waals surface area contributed by atoms with Gasteiger partial charge in [-0.1, -0.05) is 28.9 Å². The predicted molar refractivity (Wildman–Crippen MR) is 96.7 cm³/mol. The lowest BCUT2D eigenvalue weighted by Crippen LogP contribution is -2.39. The number of nitrogens with one attached hydrogen (secondary N) is 1. The second-order valence-corrected chi connectivity index (χ2v) is 6.40. The number of anilines is 2. The Bertz CT molecular complexity index is 792. The van der Waals surface area contributed by atoms with Crippen LogP contribution in [0.1, 0.15) is 23.7 Å². The molecule has 124 valence electrons. The van der Waals surface area contributed by atoms with Crippen LogP contribution in [0.3, 0.4) is 0 Å². The zero-order valence-corrected chi connectivity index (χ0v) is 14.8. The van der Waals surface area contributed by atoms with Crippen molar-refractivity contribution in [1.82, 2.24) is 0 Å². The number of rotatable bonds is 4. The molecule has 6 heteroatoms. The molecule has 0 fully saturated rings. The van der Waals surface area contributed by atoms with E-state index in [1.54, 1.807) is 35.2 Å². The highest BCUT2D eigenvalue weighted by molar-refractivity contribution is 9.10. The van der Waals surface area contributed by atoms with Crippen LogP contribution in [-0.2, 0) is 4.79 Å². The van der Waals surface area contributed by atoms with Gasteiger partial charge < -0.3 is 15.0 Å². The van der Waals surface area contributed by atoms with Crippen LogP contribution in [0.4, 0.5) is 11.4 Å². The van der Waals surface area contributed by atoms with E-state index in [9.17, 15) is 9.59 Å². The number of hydrogen-bond acceptors (Lipinski definition) is 3. The van der Waals surface area contributed by atoms with Crippen LogP contribution in [0.15, 0.2) is 46.9 Å². The molecular formula is C18H17BrN2O3. The summed E-state index contributed by atoms with van der Waals surface area (Å²) in [5.74, 6) is 0.360. The number of halogens is 1. The molecule has 0 saturated carbocycles. The standard InChI is InChI=1S/C18H17BrN2O3/c1-2-8-21-15-7-6-14(10-16(15)24-11-17(21)22)20-18(23)12-4-3-5-13(19)9-12/h3-7,9-10H,2,8,11H2,1H3,(H,20,23). The molecule has 1 heterocycles. The number of ether oxygens (including phenoxy) is 1. The number of benzene rings is 2. The molecule has 5 nitrogen and oxygen atoms in total. The highest BCUT2D eigenvalue weighted by Crippen LogP contribution is 2.34. The fourth-order valence-corrected chi connectivity index (χ4v) is 2.98. The van der Waals surface area contributed by atoms with E-state index in [0.717, 1.165) is 16.6 Å². The molecule has 2 amide bonds. The van der Waals surface area contributed by atoms with Crippen molar-refractivity contribution in [3.63, 3.8) is 0 Å². The monoisotopic (exact) mass is 388 g/mol. The smallest absolute Gasteiger partial charge is 0.265 e. The van der Waals surface area contributed by atoms with Gasteiger partial charge >= 0.3 is 0 Å². The van der Waals surface area contributed by atoms with Gasteiger partial charge in [0.05, 0.1) is 5.69 Å². The topological polar surface area (TPSA) is 58.6 Å². The molecule has 3 rings (SSSR count). The van der Waals surface area contributed by atoms with Crippen LogP contribution >= 0.6 is 15.9 Å². The van der Waals surface area contributed by atoms with Gasteiger partial charge in [-0.3, -0.25) is 9.59 Å². The summed E-state index contributed by atoms with van der Waals surface area (Å²) in [5, 5.41) is 2.85. The summed E-state index contributed by atoms with van der Waals surface area (Å²) in [7, 11) is 0. The number of amides is 2. The van der Waals surface area contributed by atoms with E-state index >= 15 is 0 Å². The van der Waals surface area contributed by atoms with Crippen molar-refractivity contribution in [3.05, 3.63) is 52.5 Å². The van der Waals surface area contributed by atoms with Gasteiger partial charge in [-0.05, 0) is 36.8 Å². The summed E-state index contributed by atoms with van der Waals surface area (Å²) in [5.41, 5.74) is 1.93. The molecule has 0 radical (unpaired) electrons. The first-order valence-electron chi connectivity index (χ1n) is 7.72. The lowest BCUT2D eigenvalue weighted by atomic mass is 10.1. The average molecular weight is 389 g/mol. The maximum atomic E-state index is 12.3. The summed E-state index contributed by atoms with van der Waals surface area (Å²) in [6.45, 7) is 2.70. The molecule has 2 aromatic rings. The molecule has 24 heavy (non-hydrogen) atoms. The van der Waals surface area contributed by atoms with Gasteiger partial charge in [0, 0.05) is 28.3 Å². The van der Waals surface area contributed by atoms with Crippen LogP contribution in [-0.4, -0.2) is 25.0 Å². The van der Waals surface area contributed by atoms with Gasteiger partial charge in [0.25, 0.3) is 11.8 Å². The second-order valence-electron chi connectivity index (χ2n) is 5.48. The Morgan fingerprint density at radius 1 is 1.29 bits per heavy atom. The highest BCUT2D eigenvalue weighted by atomic mass is 79.9. The molecule has 0 spiro atoms. The fraction of sp³-hybridized carbons (Fsp3) is 0.222. The molecule has 0 unspecified atom stereocenters. The minimum atomic E-state index is -0.200. The zero-order chi connectivity index (χ0) is 17.1. The van der Waals surface area contributed by atoms with Gasteiger partial charge in [-0.2, -0.15) is 0 Å². The maximum absolute atomic E-state index is 12.3. The summed E-state index contributed by atoms with van der Waals surface area (Å²) in [6.07, 6.45) is 0.868. The molecule has 1 aliphatic rings. The molecule has 0 aromatic heterocycles. The molecule has 0 bridgehead atoms.